The lowest BCUT2D eigenvalue weighted by Gasteiger charge is -1.90. The smallest absolute Gasteiger partial charge is 0.238 e. The summed E-state index contributed by atoms with van der Waals surface area (Å²) in [6.45, 7) is -0.216. The van der Waals surface area contributed by atoms with E-state index in [1.807, 2.05) is 0 Å². The highest BCUT2D eigenvalue weighted by Crippen LogP contribution is 2.10. The van der Waals surface area contributed by atoms with Crippen LogP contribution in [0.25, 0.3) is 6.08 Å². The van der Waals surface area contributed by atoms with E-state index in [-0.39, 0.29) is 13.0 Å². The first-order chi connectivity index (χ1) is 7.08. The monoisotopic (exact) mass is 212 g/mol. The topological polar surface area (TPSA) is 99.4 Å². The Morgan fingerprint density at radius 2 is 2.07 bits per heavy atom. The molecular formula is C8H8N2O5. The van der Waals surface area contributed by atoms with E-state index in [0.29, 0.717) is 11.5 Å². The molecule has 0 atom stereocenters. The predicted molar refractivity (Wildman–Crippen MR) is 50.3 cm³/mol. The maximum atomic E-state index is 10.1. The largest absolute Gasteiger partial charge is 0.461 e. The molecule has 7 heteroatoms. The first kappa shape index (κ1) is 10.9. The van der Waals surface area contributed by atoms with Crippen LogP contribution >= 0.6 is 0 Å². The number of nitro groups is 2. The van der Waals surface area contributed by atoms with Gasteiger partial charge >= 0.3 is 0 Å². The minimum Gasteiger partial charge on any atom is -0.461 e. The van der Waals surface area contributed by atoms with Crippen LogP contribution in [0.1, 0.15) is 11.5 Å². The van der Waals surface area contributed by atoms with Crippen LogP contribution in [-0.2, 0) is 6.42 Å². The van der Waals surface area contributed by atoms with Gasteiger partial charge in [-0.15, -0.1) is 0 Å². The van der Waals surface area contributed by atoms with Crippen LogP contribution < -0.4 is 0 Å². The fourth-order valence-corrected chi connectivity index (χ4v) is 0.954. The van der Waals surface area contributed by atoms with Crippen LogP contribution in [0.15, 0.2) is 22.7 Å². The molecule has 0 aliphatic heterocycles. The summed E-state index contributed by atoms with van der Waals surface area (Å²) in [7, 11) is 0. The molecule has 0 aliphatic carbocycles. The van der Waals surface area contributed by atoms with Crippen molar-refractivity contribution >= 4 is 6.08 Å². The second-order valence-corrected chi connectivity index (χ2v) is 2.71. The van der Waals surface area contributed by atoms with Gasteiger partial charge in [0.25, 0.3) is 0 Å². The molecule has 80 valence electrons. The SMILES string of the molecule is O=[N+]([O-])/C=C/c1ccc(CC[N+](=O)[O-])o1. The Bertz CT molecular complexity index is 395. The quantitative estimate of drug-likeness (QED) is 0.541. The standard InChI is InChI=1S/C8H8N2O5/c11-9(12)5-3-7-1-2-8(15-7)4-6-10(13)14/h1-3,5H,4,6H2/b5-3+. The van der Waals surface area contributed by atoms with E-state index in [4.69, 9.17) is 4.42 Å². The van der Waals surface area contributed by atoms with Gasteiger partial charge in [0.15, 0.2) is 0 Å². The van der Waals surface area contributed by atoms with E-state index in [1.54, 1.807) is 6.07 Å². The molecule has 0 spiro atoms. The van der Waals surface area contributed by atoms with Crippen LogP contribution in [0.4, 0.5) is 0 Å². The van der Waals surface area contributed by atoms with Gasteiger partial charge in [0.2, 0.25) is 12.7 Å². The summed E-state index contributed by atoms with van der Waals surface area (Å²) in [6.07, 6.45) is 2.12. The van der Waals surface area contributed by atoms with Crippen LogP contribution in [0.5, 0.6) is 0 Å². The van der Waals surface area contributed by atoms with Gasteiger partial charge in [-0.25, -0.2) is 0 Å². The van der Waals surface area contributed by atoms with E-state index in [0.717, 1.165) is 6.20 Å². The van der Waals surface area contributed by atoms with Crippen molar-refractivity contribution < 1.29 is 14.3 Å². The number of hydrogen-bond acceptors (Lipinski definition) is 5. The van der Waals surface area contributed by atoms with Crippen molar-refractivity contribution in [3.63, 3.8) is 0 Å². The maximum Gasteiger partial charge on any atom is 0.238 e. The zero-order chi connectivity index (χ0) is 11.3. The maximum absolute atomic E-state index is 10.1. The summed E-state index contributed by atoms with van der Waals surface area (Å²) in [6, 6.07) is 3.08. The lowest BCUT2D eigenvalue weighted by Crippen LogP contribution is -2.02. The Morgan fingerprint density at radius 3 is 2.67 bits per heavy atom. The minimum atomic E-state index is -0.612. The third-order valence-electron chi connectivity index (χ3n) is 1.58. The molecule has 0 unspecified atom stereocenters. The van der Waals surface area contributed by atoms with Gasteiger partial charge in [0.05, 0.1) is 17.4 Å². The van der Waals surface area contributed by atoms with Crippen LogP contribution in [-0.4, -0.2) is 16.4 Å². The Labute approximate surface area is 84.3 Å². The highest BCUT2D eigenvalue weighted by atomic mass is 16.6. The van der Waals surface area contributed by atoms with E-state index >= 15 is 0 Å². The molecule has 7 nitrogen and oxygen atoms in total. The fraction of sp³-hybridized carbons (Fsp3) is 0.250. The number of furan rings is 1. The Balaban J connectivity index is 2.56. The van der Waals surface area contributed by atoms with Crippen molar-refractivity contribution in [1.82, 2.24) is 0 Å². The second kappa shape index (κ2) is 4.89. The average molecular weight is 212 g/mol. The van der Waals surface area contributed by atoms with Gasteiger partial charge in [-0.3, -0.25) is 20.2 Å². The number of nitrogens with zero attached hydrogens (tertiary/aromatic N) is 2. The summed E-state index contributed by atoms with van der Waals surface area (Å²) >= 11 is 0. The van der Waals surface area contributed by atoms with E-state index in [2.05, 4.69) is 0 Å². The molecule has 1 heterocycles. The number of hydrogen-bond donors (Lipinski definition) is 0. The molecule has 0 saturated carbocycles. The molecule has 1 aromatic rings. The van der Waals surface area contributed by atoms with Crippen molar-refractivity contribution in [2.75, 3.05) is 6.54 Å². The fourth-order valence-electron chi connectivity index (χ4n) is 0.954. The molecule has 0 bridgehead atoms. The van der Waals surface area contributed by atoms with Gasteiger partial charge in [-0.2, -0.15) is 0 Å². The number of rotatable bonds is 5. The highest BCUT2D eigenvalue weighted by Gasteiger charge is 2.04. The molecule has 1 aromatic heterocycles. The van der Waals surface area contributed by atoms with Crippen molar-refractivity contribution in [1.29, 1.82) is 0 Å². The third-order valence-corrected chi connectivity index (χ3v) is 1.58. The summed E-state index contributed by atoms with van der Waals surface area (Å²) in [5.74, 6) is 0.750. The Morgan fingerprint density at radius 1 is 1.33 bits per heavy atom. The second-order valence-electron chi connectivity index (χ2n) is 2.71. The van der Waals surface area contributed by atoms with Crippen molar-refractivity contribution in [2.24, 2.45) is 0 Å². The highest BCUT2D eigenvalue weighted by molar-refractivity contribution is 5.41. The first-order valence-electron chi connectivity index (χ1n) is 4.10. The van der Waals surface area contributed by atoms with Gasteiger partial charge in [-0.1, -0.05) is 0 Å². The molecular weight excluding hydrogens is 204 g/mol. The van der Waals surface area contributed by atoms with Crippen LogP contribution in [0, 0.1) is 20.2 Å². The lowest BCUT2D eigenvalue weighted by molar-refractivity contribution is -0.479. The van der Waals surface area contributed by atoms with E-state index < -0.39 is 9.85 Å². The van der Waals surface area contributed by atoms with E-state index in [9.17, 15) is 20.2 Å². The molecule has 15 heavy (non-hydrogen) atoms. The lowest BCUT2D eigenvalue weighted by atomic mass is 10.3. The van der Waals surface area contributed by atoms with Gasteiger partial charge < -0.3 is 4.42 Å². The van der Waals surface area contributed by atoms with Gasteiger partial charge in [-0.05, 0) is 12.1 Å². The van der Waals surface area contributed by atoms with Crippen LogP contribution in [0.2, 0.25) is 0 Å². The molecule has 0 aromatic carbocycles. The zero-order valence-corrected chi connectivity index (χ0v) is 7.66. The molecule has 0 radical (unpaired) electrons. The minimum absolute atomic E-state index is 0.180. The summed E-state index contributed by atoms with van der Waals surface area (Å²) in [5.41, 5.74) is 0. The van der Waals surface area contributed by atoms with Crippen LogP contribution in [0.3, 0.4) is 0 Å². The summed E-state index contributed by atoms with van der Waals surface area (Å²) < 4.78 is 5.09. The summed E-state index contributed by atoms with van der Waals surface area (Å²) in [5, 5.41) is 20.0. The van der Waals surface area contributed by atoms with Gasteiger partial charge in [0.1, 0.15) is 11.5 Å². The first-order valence-corrected chi connectivity index (χ1v) is 4.10. The normalized spacial score (nSPS) is 10.7. The van der Waals surface area contributed by atoms with E-state index in [1.165, 1.54) is 12.1 Å². The molecule has 0 N–H and O–H groups in total. The van der Waals surface area contributed by atoms with Crippen molar-refractivity contribution in [3.8, 4) is 0 Å². The molecule has 0 amide bonds. The van der Waals surface area contributed by atoms with Crippen molar-refractivity contribution in [2.45, 2.75) is 6.42 Å². The van der Waals surface area contributed by atoms with Crippen molar-refractivity contribution in [3.05, 3.63) is 50.1 Å². The average Bonchev–Trinajstić information content (AvgIpc) is 2.59. The molecule has 1 rings (SSSR count). The predicted octanol–water partition coefficient (Wildman–Crippen LogP) is 1.35. The zero-order valence-electron chi connectivity index (χ0n) is 7.66. The molecule has 0 aliphatic rings. The molecule has 0 saturated heterocycles. The van der Waals surface area contributed by atoms with Gasteiger partial charge in [0, 0.05) is 4.92 Å². The Hall–Kier alpha value is -2.18. The Kier molecular flexibility index (Phi) is 3.55. The molecule has 0 fully saturated rings. The third kappa shape index (κ3) is 4.03. The summed E-state index contributed by atoms with van der Waals surface area (Å²) in [4.78, 5) is 19.0.